The average Bonchev–Trinajstić information content (AvgIpc) is 3.61. The number of alkyl halides is 3. The normalized spacial score (nSPS) is 12.2. The minimum Gasteiger partial charge on any atom is -0.494 e. The van der Waals surface area contributed by atoms with Gasteiger partial charge in [-0.2, -0.15) is 27.9 Å². The van der Waals surface area contributed by atoms with Gasteiger partial charge in [-0.05, 0) is 12.5 Å². The van der Waals surface area contributed by atoms with Crippen LogP contribution in [0.5, 0.6) is 0 Å². The molecule has 0 fully saturated rings. The number of methoxy groups -OCH3 is 1. The first-order valence-electron chi connectivity index (χ1n) is 10.7. The third-order valence-electron chi connectivity index (χ3n) is 5.58. The van der Waals surface area contributed by atoms with Crippen molar-refractivity contribution in [2.24, 2.45) is 0 Å². The van der Waals surface area contributed by atoms with E-state index < -0.39 is 17.4 Å². The summed E-state index contributed by atoms with van der Waals surface area (Å²) < 4.78 is 54.0. The van der Waals surface area contributed by atoms with Crippen molar-refractivity contribution < 1.29 is 22.3 Å². The number of nitrogens with one attached hydrogen (secondary N) is 2. The molecule has 186 valence electrons. The quantitative estimate of drug-likeness (QED) is 0.264. The highest BCUT2D eigenvalue weighted by Gasteiger charge is 2.40. The predicted molar refractivity (Wildman–Crippen MR) is 128 cm³/mol. The Morgan fingerprint density at radius 2 is 1.97 bits per heavy atom. The van der Waals surface area contributed by atoms with Gasteiger partial charge in [0.25, 0.3) is 5.56 Å². The van der Waals surface area contributed by atoms with E-state index in [1.165, 1.54) is 37.7 Å². The van der Waals surface area contributed by atoms with Gasteiger partial charge >= 0.3 is 6.18 Å². The van der Waals surface area contributed by atoms with E-state index in [-0.39, 0.29) is 51.1 Å². The number of halogens is 3. The highest BCUT2D eigenvalue weighted by Crippen LogP contribution is 2.39. The van der Waals surface area contributed by atoms with Gasteiger partial charge in [-0.3, -0.25) is 9.89 Å². The van der Waals surface area contributed by atoms with Gasteiger partial charge in [-0.15, -0.1) is 6.42 Å². The van der Waals surface area contributed by atoms with E-state index in [0.29, 0.717) is 10.1 Å². The van der Waals surface area contributed by atoms with Crippen molar-refractivity contribution in [1.82, 2.24) is 29.8 Å². The van der Waals surface area contributed by atoms with Gasteiger partial charge in [0.15, 0.2) is 11.5 Å². The highest BCUT2D eigenvalue weighted by atomic mass is 19.4. The lowest BCUT2D eigenvalue weighted by atomic mass is 10.0. The number of rotatable bonds is 5. The van der Waals surface area contributed by atoms with E-state index in [1.807, 2.05) is 0 Å². The van der Waals surface area contributed by atoms with Crippen LogP contribution in [0, 0.1) is 19.3 Å². The molecule has 0 radical (unpaired) electrons. The monoisotopic (exact) mass is 506 g/mol. The largest absolute Gasteiger partial charge is 0.494 e. The SMILES string of the molecule is C#C/C=C(/OC)c1nc(-c2c(-c3cn[nH]c3)[nH]c3c(-c4ccccc4)c(C(F)(F)F)nn3c2=O)oc1C. The van der Waals surface area contributed by atoms with Crippen LogP contribution in [0.15, 0.2) is 58.0 Å². The minimum absolute atomic E-state index is 0.129. The second-order valence-corrected chi connectivity index (χ2v) is 7.82. The van der Waals surface area contributed by atoms with E-state index >= 15 is 0 Å². The molecular weight excluding hydrogens is 489 g/mol. The first-order chi connectivity index (χ1) is 17.7. The third-order valence-corrected chi connectivity index (χ3v) is 5.58. The summed E-state index contributed by atoms with van der Waals surface area (Å²) in [5.74, 6) is 2.65. The molecule has 0 spiro atoms. The first kappa shape index (κ1) is 23.7. The fraction of sp³-hybridized carbons (Fsp3) is 0.120. The Hall–Kier alpha value is -5.05. The number of aromatic nitrogens is 6. The fourth-order valence-corrected chi connectivity index (χ4v) is 3.99. The molecular formula is C25H17F3N6O3. The number of aryl methyl sites for hydroxylation is 1. The molecule has 5 aromatic rings. The Kier molecular flexibility index (Phi) is 5.68. The highest BCUT2D eigenvalue weighted by molar-refractivity contribution is 5.85. The van der Waals surface area contributed by atoms with Crippen molar-refractivity contribution in [3.05, 3.63) is 76.3 Å². The molecule has 0 saturated carbocycles. The summed E-state index contributed by atoms with van der Waals surface area (Å²) in [4.78, 5) is 21.1. The van der Waals surface area contributed by atoms with E-state index in [1.54, 1.807) is 25.1 Å². The van der Waals surface area contributed by atoms with E-state index in [2.05, 4.69) is 31.2 Å². The molecule has 37 heavy (non-hydrogen) atoms. The number of nitrogens with zero attached hydrogens (tertiary/aromatic N) is 4. The molecule has 0 saturated heterocycles. The minimum atomic E-state index is -4.84. The molecule has 0 unspecified atom stereocenters. The molecule has 0 aliphatic rings. The lowest BCUT2D eigenvalue weighted by molar-refractivity contribution is -0.140. The van der Waals surface area contributed by atoms with Crippen LogP contribution in [0.3, 0.4) is 0 Å². The maximum atomic E-state index is 14.1. The average molecular weight is 506 g/mol. The smallest absolute Gasteiger partial charge is 0.435 e. The summed E-state index contributed by atoms with van der Waals surface area (Å²) in [6.07, 6.45) is 4.72. The summed E-state index contributed by atoms with van der Waals surface area (Å²) in [5.41, 5.74) is -1.72. The molecule has 1 aromatic carbocycles. The van der Waals surface area contributed by atoms with E-state index in [4.69, 9.17) is 15.6 Å². The van der Waals surface area contributed by atoms with Gasteiger partial charge in [-0.25, -0.2) is 4.98 Å². The summed E-state index contributed by atoms with van der Waals surface area (Å²) in [6, 6.07) is 7.87. The van der Waals surface area contributed by atoms with Crippen LogP contribution in [-0.4, -0.2) is 36.9 Å². The zero-order valence-electron chi connectivity index (χ0n) is 19.3. The van der Waals surface area contributed by atoms with Crippen molar-refractivity contribution in [2.45, 2.75) is 13.1 Å². The Morgan fingerprint density at radius 3 is 2.59 bits per heavy atom. The zero-order chi connectivity index (χ0) is 26.3. The van der Waals surface area contributed by atoms with Crippen LogP contribution in [-0.2, 0) is 10.9 Å². The predicted octanol–water partition coefficient (Wildman–Crippen LogP) is 4.68. The van der Waals surface area contributed by atoms with Crippen LogP contribution in [0.2, 0.25) is 0 Å². The second kappa shape index (κ2) is 8.87. The van der Waals surface area contributed by atoms with Crippen LogP contribution >= 0.6 is 0 Å². The van der Waals surface area contributed by atoms with Gasteiger partial charge in [0, 0.05) is 17.8 Å². The van der Waals surface area contributed by atoms with Crippen molar-refractivity contribution in [3.8, 4) is 46.2 Å². The van der Waals surface area contributed by atoms with Crippen molar-refractivity contribution >= 4 is 11.4 Å². The Bertz CT molecular complexity index is 1740. The summed E-state index contributed by atoms with van der Waals surface area (Å²) in [6.45, 7) is 1.59. The van der Waals surface area contributed by atoms with Gasteiger partial charge in [-0.1, -0.05) is 36.3 Å². The van der Waals surface area contributed by atoms with E-state index in [0.717, 1.165) is 0 Å². The molecule has 0 bridgehead atoms. The van der Waals surface area contributed by atoms with Crippen LogP contribution in [0.4, 0.5) is 13.2 Å². The Balaban J connectivity index is 1.88. The number of hydrogen-bond acceptors (Lipinski definition) is 6. The molecule has 0 aliphatic heterocycles. The van der Waals surface area contributed by atoms with Crippen LogP contribution < -0.4 is 5.56 Å². The molecule has 9 nitrogen and oxygen atoms in total. The van der Waals surface area contributed by atoms with Crippen LogP contribution in [0.25, 0.3) is 45.2 Å². The van der Waals surface area contributed by atoms with Gasteiger partial charge in [0.05, 0.1) is 24.6 Å². The molecule has 0 atom stereocenters. The number of ether oxygens (including phenoxy) is 1. The Labute approximate surface area is 206 Å². The maximum Gasteiger partial charge on any atom is 0.435 e. The standard InChI is InChI=1S/C25H17F3N6O3/c1-4-8-16(36-3)19-13(2)37-23(32-19)18-20(15-11-29-30-12-15)31-22-17(14-9-6-5-7-10-14)21(25(26,27)28)33-34(22)24(18)35/h1,5-12,31H,2-3H3,(H,29,30)/b16-8+. The van der Waals surface area contributed by atoms with Crippen LogP contribution in [0.1, 0.15) is 17.1 Å². The van der Waals surface area contributed by atoms with E-state index in [9.17, 15) is 18.0 Å². The van der Waals surface area contributed by atoms with Crippen molar-refractivity contribution in [3.63, 3.8) is 0 Å². The lowest BCUT2D eigenvalue weighted by Gasteiger charge is -2.08. The summed E-state index contributed by atoms with van der Waals surface area (Å²) in [7, 11) is 1.39. The molecule has 4 aromatic heterocycles. The molecule has 12 heteroatoms. The molecule has 4 heterocycles. The maximum absolute atomic E-state index is 14.1. The number of fused-ring (bicyclic) bond motifs is 1. The Morgan fingerprint density at radius 1 is 1.22 bits per heavy atom. The van der Waals surface area contributed by atoms with Gasteiger partial charge < -0.3 is 14.1 Å². The summed E-state index contributed by atoms with van der Waals surface area (Å²) in [5, 5.41) is 10.2. The number of hydrogen-bond donors (Lipinski definition) is 2. The van der Waals surface area contributed by atoms with Gasteiger partial charge in [0.2, 0.25) is 5.89 Å². The lowest BCUT2D eigenvalue weighted by Crippen LogP contribution is -2.19. The zero-order valence-corrected chi connectivity index (χ0v) is 19.3. The molecule has 2 N–H and O–H groups in total. The number of oxazole rings is 1. The number of H-pyrrole nitrogens is 2. The second-order valence-electron chi connectivity index (χ2n) is 7.82. The van der Waals surface area contributed by atoms with Crippen molar-refractivity contribution in [2.75, 3.05) is 7.11 Å². The molecule has 0 amide bonds. The number of allylic oxidation sites excluding steroid dienone is 1. The molecule has 5 rings (SSSR count). The number of benzene rings is 1. The van der Waals surface area contributed by atoms with Crippen molar-refractivity contribution in [1.29, 1.82) is 0 Å². The summed E-state index contributed by atoms with van der Waals surface area (Å²) >= 11 is 0. The molecule has 0 aliphatic carbocycles. The third kappa shape index (κ3) is 3.96. The topological polar surface area (TPSA) is 114 Å². The fourth-order valence-electron chi connectivity index (χ4n) is 3.99. The number of aromatic amines is 2. The number of terminal acetylenes is 1. The first-order valence-corrected chi connectivity index (χ1v) is 10.7. The van der Waals surface area contributed by atoms with Gasteiger partial charge in [0.1, 0.15) is 22.7 Å².